The zero-order chi connectivity index (χ0) is 22.3. The number of halogens is 2. The Morgan fingerprint density at radius 1 is 0.968 bits per heavy atom. The number of primary amides is 1. The van der Waals surface area contributed by atoms with E-state index in [-0.39, 0.29) is 33.7 Å². The van der Waals surface area contributed by atoms with Gasteiger partial charge in [-0.25, -0.2) is 8.78 Å². The van der Waals surface area contributed by atoms with Crippen molar-refractivity contribution in [2.45, 2.75) is 0 Å². The number of fused-ring (bicyclic) bond motifs is 1. The molecular weight excluding hydrogens is 404 g/mol. The van der Waals surface area contributed by atoms with Crippen molar-refractivity contribution in [3.05, 3.63) is 77.4 Å². The number of furan rings is 1. The van der Waals surface area contributed by atoms with Gasteiger partial charge in [-0.2, -0.15) is 0 Å². The predicted molar refractivity (Wildman–Crippen MR) is 113 cm³/mol. The number of carbonyl (C=O) groups is 2. The maximum Gasteiger partial charge on any atom is 0.255 e. The van der Waals surface area contributed by atoms with Crippen molar-refractivity contribution in [3.63, 3.8) is 0 Å². The lowest BCUT2D eigenvalue weighted by atomic mass is 9.97. The number of rotatable bonds is 4. The molecule has 1 heterocycles. The molecule has 0 saturated carbocycles. The third kappa shape index (κ3) is 3.48. The Kier molecular flexibility index (Phi) is 4.90. The van der Waals surface area contributed by atoms with Gasteiger partial charge in [0.1, 0.15) is 23.0 Å². The molecule has 0 unspecified atom stereocenters. The average molecular weight is 421 g/mol. The average Bonchev–Trinajstić information content (AvgIpc) is 3.11. The van der Waals surface area contributed by atoms with Crippen LogP contribution in [0.3, 0.4) is 0 Å². The first-order valence-electron chi connectivity index (χ1n) is 9.24. The van der Waals surface area contributed by atoms with Crippen LogP contribution in [0.2, 0.25) is 0 Å². The van der Waals surface area contributed by atoms with Gasteiger partial charge in [0.25, 0.3) is 5.91 Å². The van der Waals surface area contributed by atoms with E-state index in [1.54, 1.807) is 0 Å². The first-order chi connectivity index (χ1) is 14.8. The molecule has 156 valence electrons. The number of nitrogens with one attached hydrogen (secondary N) is 1. The number of benzene rings is 3. The van der Waals surface area contributed by atoms with Crippen LogP contribution >= 0.6 is 0 Å². The van der Waals surface area contributed by atoms with Gasteiger partial charge in [-0.3, -0.25) is 9.59 Å². The van der Waals surface area contributed by atoms with Gasteiger partial charge in [-0.05, 0) is 48.5 Å². The predicted octanol–water partition coefficient (Wildman–Crippen LogP) is 4.09. The van der Waals surface area contributed by atoms with E-state index in [0.717, 1.165) is 6.07 Å². The molecule has 4 aromatic rings. The van der Waals surface area contributed by atoms with E-state index >= 15 is 0 Å². The fraction of sp³-hybridized carbons (Fsp3) is 0.0435. The lowest BCUT2D eigenvalue weighted by Crippen LogP contribution is -2.18. The SMILES string of the molecule is CNC(=O)c1c(-c2ccc(F)cc2)oc2cc(N)c(-c3cc(C(N)=O)ccc3F)cc12. The highest BCUT2D eigenvalue weighted by molar-refractivity contribution is 6.12. The summed E-state index contributed by atoms with van der Waals surface area (Å²) in [6.07, 6.45) is 0. The number of amides is 2. The number of anilines is 1. The molecule has 0 radical (unpaired) electrons. The maximum atomic E-state index is 14.6. The summed E-state index contributed by atoms with van der Waals surface area (Å²) >= 11 is 0. The number of nitrogen functional groups attached to an aromatic ring is 1. The van der Waals surface area contributed by atoms with Gasteiger partial charge in [0.05, 0.1) is 5.56 Å². The first kappa shape index (κ1) is 20.1. The van der Waals surface area contributed by atoms with Gasteiger partial charge >= 0.3 is 0 Å². The lowest BCUT2D eigenvalue weighted by Gasteiger charge is -2.09. The van der Waals surface area contributed by atoms with Crippen LogP contribution in [-0.4, -0.2) is 18.9 Å². The Labute approximate surface area is 175 Å². The smallest absolute Gasteiger partial charge is 0.255 e. The quantitative estimate of drug-likeness (QED) is 0.431. The monoisotopic (exact) mass is 421 g/mol. The van der Waals surface area contributed by atoms with Crippen LogP contribution in [0.15, 0.2) is 59.0 Å². The molecule has 0 atom stereocenters. The number of nitrogens with two attached hydrogens (primary N) is 2. The number of carbonyl (C=O) groups excluding carboxylic acids is 2. The van der Waals surface area contributed by atoms with Crippen LogP contribution in [0, 0.1) is 11.6 Å². The molecule has 0 saturated heterocycles. The van der Waals surface area contributed by atoms with Crippen LogP contribution in [0.25, 0.3) is 33.4 Å². The summed E-state index contributed by atoms with van der Waals surface area (Å²) in [6, 6.07) is 12.2. The molecule has 31 heavy (non-hydrogen) atoms. The van der Waals surface area contributed by atoms with Crippen LogP contribution < -0.4 is 16.8 Å². The molecule has 8 heteroatoms. The normalized spacial score (nSPS) is 10.9. The minimum atomic E-state index is -0.714. The summed E-state index contributed by atoms with van der Waals surface area (Å²) in [5, 5.41) is 2.93. The summed E-state index contributed by atoms with van der Waals surface area (Å²) in [5.41, 5.74) is 13.0. The van der Waals surface area contributed by atoms with Crippen LogP contribution in [0.5, 0.6) is 0 Å². The van der Waals surface area contributed by atoms with E-state index < -0.39 is 23.4 Å². The van der Waals surface area contributed by atoms with Crippen LogP contribution in [-0.2, 0) is 0 Å². The zero-order valence-electron chi connectivity index (χ0n) is 16.3. The first-order valence-corrected chi connectivity index (χ1v) is 9.24. The van der Waals surface area contributed by atoms with Crippen molar-refractivity contribution >= 4 is 28.5 Å². The summed E-state index contributed by atoms with van der Waals surface area (Å²) < 4.78 is 33.8. The van der Waals surface area contributed by atoms with E-state index in [1.807, 2.05) is 0 Å². The highest BCUT2D eigenvalue weighted by Crippen LogP contribution is 2.39. The van der Waals surface area contributed by atoms with Gasteiger partial charge in [-0.1, -0.05) is 0 Å². The minimum absolute atomic E-state index is 0.0584. The second-order valence-corrected chi connectivity index (χ2v) is 6.89. The molecule has 2 amide bonds. The highest BCUT2D eigenvalue weighted by Gasteiger charge is 2.23. The van der Waals surface area contributed by atoms with Crippen molar-refractivity contribution in [1.82, 2.24) is 5.32 Å². The standard InChI is InChI=1S/C23H17F2N3O3/c1-28-23(30)20-16-9-15(14-8-12(22(27)29)4-7-17(14)25)18(26)10-19(16)31-21(20)11-2-5-13(24)6-3-11/h2-10H,26H2,1H3,(H2,27,29)(H,28,30). The Hall–Kier alpha value is -4.20. The molecule has 5 N–H and O–H groups in total. The van der Waals surface area contributed by atoms with E-state index in [0.29, 0.717) is 16.5 Å². The molecule has 0 fully saturated rings. The fourth-order valence-corrected chi connectivity index (χ4v) is 3.43. The van der Waals surface area contributed by atoms with Crippen molar-refractivity contribution in [2.75, 3.05) is 12.8 Å². The minimum Gasteiger partial charge on any atom is -0.455 e. The maximum absolute atomic E-state index is 14.6. The van der Waals surface area contributed by atoms with Gasteiger partial charge in [0.15, 0.2) is 0 Å². The van der Waals surface area contributed by atoms with E-state index in [4.69, 9.17) is 15.9 Å². The number of hydrogen-bond acceptors (Lipinski definition) is 4. The molecule has 0 spiro atoms. The van der Waals surface area contributed by atoms with E-state index in [9.17, 15) is 18.4 Å². The Balaban J connectivity index is 2.00. The van der Waals surface area contributed by atoms with Crippen LogP contribution in [0.1, 0.15) is 20.7 Å². The Morgan fingerprint density at radius 3 is 2.32 bits per heavy atom. The van der Waals surface area contributed by atoms with Gasteiger partial charge in [0, 0.05) is 46.4 Å². The fourth-order valence-electron chi connectivity index (χ4n) is 3.43. The second kappa shape index (κ2) is 7.56. The third-order valence-corrected chi connectivity index (χ3v) is 4.96. The van der Waals surface area contributed by atoms with E-state index in [1.165, 1.54) is 55.6 Å². The topological polar surface area (TPSA) is 111 Å². The van der Waals surface area contributed by atoms with Gasteiger partial charge in [0.2, 0.25) is 5.91 Å². The molecule has 0 aliphatic heterocycles. The number of hydrogen-bond donors (Lipinski definition) is 3. The highest BCUT2D eigenvalue weighted by atomic mass is 19.1. The Bertz CT molecular complexity index is 1340. The van der Waals surface area contributed by atoms with Crippen molar-refractivity contribution in [3.8, 4) is 22.5 Å². The molecule has 1 aromatic heterocycles. The zero-order valence-corrected chi connectivity index (χ0v) is 16.3. The van der Waals surface area contributed by atoms with Gasteiger partial charge in [-0.15, -0.1) is 0 Å². The van der Waals surface area contributed by atoms with E-state index in [2.05, 4.69) is 5.32 Å². The molecule has 6 nitrogen and oxygen atoms in total. The van der Waals surface area contributed by atoms with Crippen molar-refractivity contribution < 1.29 is 22.8 Å². The third-order valence-electron chi connectivity index (χ3n) is 4.96. The molecule has 0 aliphatic rings. The summed E-state index contributed by atoms with van der Waals surface area (Å²) in [5.74, 6) is -1.98. The van der Waals surface area contributed by atoms with Crippen molar-refractivity contribution in [2.24, 2.45) is 5.73 Å². The molecule has 4 rings (SSSR count). The molecular formula is C23H17F2N3O3. The van der Waals surface area contributed by atoms with Crippen molar-refractivity contribution in [1.29, 1.82) is 0 Å². The van der Waals surface area contributed by atoms with Gasteiger partial charge < -0.3 is 21.2 Å². The second-order valence-electron chi connectivity index (χ2n) is 6.89. The molecule has 0 bridgehead atoms. The largest absolute Gasteiger partial charge is 0.455 e. The lowest BCUT2D eigenvalue weighted by molar-refractivity contribution is 0.0963. The summed E-state index contributed by atoms with van der Waals surface area (Å²) in [4.78, 5) is 24.2. The Morgan fingerprint density at radius 2 is 1.68 bits per heavy atom. The van der Waals surface area contributed by atoms with Crippen LogP contribution in [0.4, 0.5) is 14.5 Å². The summed E-state index contributed by atoms with van der Waals surface area (Å²) in [6.45, 7) is 0. The molecule has 3 aromatic carbocycles. The summed E-state index contributed by atoms with van der Waals surface area (Å²) in [7, 11) is 1.46. The molecule has 0 aliphatic carbocycles.